The van der Waals surface area contributed by atoms with Crippen molar-refractivity contribution in [3.05, 3.63) is 29.8 Å². The van der Waals surface area contributed by atoms with Crippen molar-refractivity contribution >= 4 is 5.69 Å². The van der Waals surface area contributed by atoms with Crippen molar-refractivity contribution in [2.45, 2.75) is 41.2 Å². The third-order valence-corrected chi connectivity index (χ3v) is 3.05. The highest BCUT2D eigenvalue weighted by molar-refractivity contribution is 5.45. The van der Waals surface area contributed by atoms with Gasteiger partial charge in [0.1, 0.15) is 0 Å². The van der Waals surface area contributed by atoms with Gasteiger partial charge in [0, 0.05) is 18.8 Å². The number of nitrogens with one attached hydrogen (secondary N) is 1. The molecule has 0 aliphatic rings. The average Bonchev–Trinajstić information content (AvgIpc) is 2.33. The van der Waals surface area contributed by atoms with Crippen LogP contribution in [0.1, 0.15) is 40.2 Å². The number of hydrogen-bond donors (Lipinski definition) is 1. The number of hydrogen-bond acceptors (Lipinski definition) is 2. The van der Waals surface area contributed by atoms with Crippen LogP contribution in [0.15, 0.2) is 24.3 Å². The first-order valence-corrected chi connectivity index (χ1v) is 6.99. The predicted octanol–water partition coefficient (Wildman–Crippen LogP) is 3.99. The van der Waals surface area contributed by atoms with Crippen molar-refractivity contribution in [2.75, 3.05) is 25.0 Å². The minimum absolute atomic E-state index is 0.314. The van der Waals surface area contributed by atoms with E-state index in [-0.39, 0.29) is 0 Å². The van der Waals surface area contributed by atoms with E-state index in [1.165, 1.54) is 11.3 Å². The maximum absolute atomic E-state index is 3.52. The van der Waals surface area contributed by atoms with Crippen LogP contribution in [0.25, 0.3) is 0 Å². The Hall–Kier alpha value is -1.02. The molecule has 1 aromatic rings. The van der Waals surface area contributed by atoms with Crippen LogP contribution in [0.5, 0.6) is 0 Å². The predicted molar refractivity (Wildman–Crippen MR) is 81.0 cm³/mol. The quantitative estimate of drug-likeness (QED) is 0.819. The van der Waals surface area contributed by atoms with E-state index < -0.39 is 0 Å². The lowest BCUT2D eigenvalue weighted by Gasteiger charge is -2.21. The standard InChI is InChI=1S/C16H28N2/c1-6-18(7-2)12-14-9-8-10-15(11-14)17-13-16(3,4)5/h8-11,17H,6-7,12-13H2,1-5H3. The molecular formula is C16H28N2. The summed E-state index contributed by atoms with van der Waals surface area (Å²) in [5, 5.41) is 3.52. The van der Waals surface area contributed by atoms with Crippen LogP contribution in [-0.2, 0) is 6.54 Å². The summed E-state index contributed by atoms with van der Waals surface area (Å²) in [5.74, 6) is 0. The lowest BCUT2D eigenvalue weighted by atomic mass is 9.97. The van der Waals surface area contributed by atoms with Gasteiger partial charge in [0.2, 0.25) is 0 Å². The monoisotopic (exact) mass is 248 g/mol. The minimum Gasteiger partial charge on any atom is -0.385 e. The number of nitrogens with zero attached hydrogens (tertiary/aromatic N) is 1. The van der Waals surface area contributed by atoms with Crippen LogP contribution in [0, 0.1) is 5.41 Å². The van der Waals surface area contributed by atoms with Gasteiger partial charge in [0.15, 0.2) is 0 Å². The first-order chi connectivity index (χ1) is 8.44. The third-order valence-electron chi connectivity index (χ3n) is 3.05. The zero-order valence-electron chi connectivity index (χ0n) is 12.6. The second kappa shape index (κ2) is 6.79. The summed E-state index contributed by atoms with van der Waals surface area (Å²) in [6.45, 7) is 15.4. The summed E-state index contributed by atoms with van der Waals surface area (Å²) in [7, 11) is 0. The van der Waals surface area contributed by atoms with E-state index in [9.17, 15) is 0 Å². The summed E-state index contributed by atoms with van der Waals surface area (Å²) in [5.41, 5.74) is 2.93. The van der Waals surface area contributed by atoms with Gasteiger partial charge in [0.25, 0.3) is 0 Å². The van der Waals surface area contributed by atoms with Crippen molar-refractivity contribution < 1.29 is 0 Å². The summed E-state index contributed by atoms with van der Waals surface area (Å²) in [6.07, 6.45) is 0. The summed E-state index contributed by atoms with van der Waals surface area (Å²) >= 11 is 0. The molecule has 0 unspecified atom stereocenters. The van der Waals surface area contributed by atoms with Gasteiger partial charge in [-0.25, -0.2) is 0 Å². The number of anilines is 1. The lowest BCUT2D eigenvalue weighted by Crippen LogP contribution is -2.22. The molecule has 0 aliphatic carbocycles. The zero-order chi connectivity index (χ0) is 13.6. The molecule has 0 fully saturated rings. The first kappa shape index (κ1) is 15.0. The molecule has 0 spiro atoms. The van der Waals surface area contributed by atoms with Crippen LogP contribution in [0.4, 0.5) is 5.69 Å². The van der Waals surface area contributed by atoms with Crippen molar-refractivity contribution in [3.63, 3.8) is 0 Å². The molecule has 0 amide bonds. The SMILES string of the molecule is CCN(CC)Cc1cccc(NCC(C)(C)C)c1. The Balaban J connectivity index is 2.62. The van der Waals surface area contributed by atoms with Crippen molar-refractivity contribution in [1.29, 1.82) is 0 Å². The van der Waals surface area contributed by atoms with E-state index in [1.54, 1.807) is 0 Å². The van der Waals surface area contributed by atoms with Gasteiger partial charge in [-0.1, -0.05) is 46.8 Å². The topological polar surface area (TPSA) is 15.3 Å². The van der Waals surface area contributed by atoms with E-state index in [4.69, 9.17) is 0 Å². The fraction of sp³-hybridized carbons (Fsp3) is 0.625. The molecule has 2 heteroatoms. The highest BCUT2D eigenvalue weighted by Crippen LogP contribution is 2.17. The molecule has 0 saturated heterocycles. The number of benzene rings is 1. The number of rotatable bonds is 6. The molecule has 0 atom stereocenters. The molecule has 18 heavy (non-hydrogen) atoms. The molecule has 0 radical (unpaired) electrons. The van der Waals surface area contributed by atoms with E-state index in [1.807, 2.05) is 0 Å². The molecule has 1 N–H and O–H groups in total. The smallest absolute Gasteiger partial charge is 0.0343 e. The van der Waals surface area contributed by atoms with Crippen LogP contribution in [-0.4, -0.2) is 24.5 Å². The molecule has 1 rings (SSSR count). The molecule has 0 aliphatic heterocycles. The molecule has 0 bridgehead atoms. The van der Waals surface area contributed by atoms with E-state index in [0.29, 0.717) is 5.41 Å². The fourth-order valence-corrected chi connectivity index (χ4v) is 1.85. The van der Waals surface area contributed by atoms with E-state index in [0.717, 1.165) is 26.2 Å². The molecule has 0 saturated carbocycles. The normalized spacial score (nSPS) is 11.9. The van der Waals surface area contributed by atoms with Gasteiger partial charge >= 0.3 is 0 Å². The third kappa shape index (κ3) is 5.54. The summed E-state index contributed by atoms with van der Waals surface area (Å²) in [6, 6.07) is 8.77. The Morgan fingerprint density at radius 2 is 1.78 bits per heavy atom. The molecular weight excluding hydrogens is 220 g/mol. The Kier molecular flexibility index (Phi) is 5.67. The van der Waals surface area contributed by atoms with Crippen LogP contribution in [0.3, 0.4) is 0 Å². The Bertz CT molecular complexity index is 348. The van der Waals surface area contributed by atoms with Gasteiger partial charge in [-0.15, -0.1) is 0 Å². The van der Waals surface area contributed by atoms with Gasteiger partial charge in [-0.05, 0) is 36.2 Å². The van der Waals surface area contributed by atoms with Crippen molar-refractivity contribution in [2.24, 2.45) is 5.41 Å². The Labute approximate surface area is 112 Å². The largest absolute Gasteiger partial charge is 0.385 e. The van der Waals surface area contributed by atoms with Gasteiger partial charge in [-0.3, -0.25) is 4.90 Å². The highest BCUT2D eigenvalue weighted by Gasteiger charge is 2.09. The fourth-order valence-electron chi connectivity index (χ4n) is 1.85. The Morgan fingerprint density at radius 3 is 2.33 bits per heavy atom. The Morgan fingerprint density at radius 1 is 1.11 bits per heavy atom. The van der Waals surface area contributed by atoms with Gasteiger partial charge in [0.05, 0.1) is 0 Å². The molecule has 0 aromatic heterocycles. The zero-order valence-corrected chi connectivity index (χ0v) is 12.6. The lowest BCUT2D eigenvalue weighted by molar-refractivity contribution is 0.296. The molecule has 2 nitrogen and oxygen atoms in total. The average molecular weight is 248 g/mol. The maximum Gasteiger partial charge on any atom is 0.0343 e. The summed E-state index contributed by atoms with van der Waals surface area (Å²) < 4.78 is 0. The molecule has 0 heterocycles. The second-order valence-electron chi connectivity index (χ2n) is 6.08. The van der Waals surface area contributed by atoms with E-state index in [2.05, 4.69) is 69.1 Å². The highest BCUT2D eigenvalue weighted by atomic mass is 15.1. The van der Waals surface area contributed by atoms with Crippen LogP contribution in [0.2, 0.25) is 0 Å². The minimum atomic E-state index is 0.314. The first-order valence-electron chi connectivity index (χ1n) is 6.99. The van der Waals surface area contributed by atoms with Gasteiger partial charge < -0.3 is 5.32 Å². The van der Waals surface area contributed by atoms with Crippen LogP contribution >= 0.6 is 0 Å². The van der Waals surface area contributed by atoms with Crippen LogP contribution < -0.4 is 5.32 Å². The van der Waals surface area contributed by atoms with E-state index >= 15 is 0 Å². The van der Waals surface area contributed by atoms with Gasteiger partial charge in [-0.2, -0.15) is 0 Å². The van der Waals surface area contributed by atoms with Crippen molar-refractivity contribution in [3.8, 4) is 0 Å². The second-order valence-corrected chi connectivity index (χ2v) is 6.08. The molecule has 1 aromatic carbocycles. The summed E-state index contributed by atoms with van der Waals surface area (Å²) in [4.78, 5) is 2.43. The molecule has 102 valence electrons. The maximum atomic E-state index is 3.52. The van der Waals surface area contributed by atoms with Crippen molar-refractivity contribution in [1.82, 2.24) is 4.90 Å².